The molecule has 0 saturated carbocycles. The quantitative estimate of drug-likeness (QED) is 0.822. The number of ether oxygens (including phenoxy) is 1. The van der Waals surface area contributed by atoms with Gasteiger partial charge in [-0.15, -0.1) is 12.4 Å². The fourth-order valence-corrected chi connectivity index (χ4v) is 2.64. The highest BCUT2D eigenvalue weighted by Gasteiger charge is 2.27. The lowest BCUT2D eigenvalue weighted by atomic mass is 10.1. The van der Waals surface area contributed by atoms with Crippen molar-refractivity contribution < 1.29 is 9.15 Å². The number of hydrogen-bond acceptors (Lipinski definition) is 3. The zero-order chi connectivity index (χ0) is 12.5. The summed E-state index contributed by atoms with van der Waals surface area (Å²) in [5, 5.41) is 0. The topological polar surface area (TPSA) is 25.6 Å². The van der Waals surface area contributed by atoms with E-state index in [0.29, 0.717) is 0 Å². The molecule has 3 rings (SSSR count). The van der Waals surface area contributed by atoms with E-state index in [2.05, 4.69) is 27.9 Å². The zero-order valence-electron chi connectivity index (χ0n) is 10.5. The van der Waals surface area contributed by atoms with Crippen LogP contribution in [0.4, 0.5) is 0 Å². The summed E-state index contributed by atoms with van der Waals surface area (Å²) in [6.07, 6.45) is 1.77. The SMILES string of the molecule is CN1Cc2occc2C(Oc2cccc(Br)c2)C1.Cl. The van der Waals surface area contributed by atoms with Crippen LogP contribution in [0.5, 0.6) is 5.75 Å². The van der Waals surface area contributed by atoms with Crippen LogP contribution in [0.1, 0.15) is 17.4 Å². The van der Waals surface area contributed by atoms with Gasteiger partial charge in [-0.25, -0.2) is 0 Å². The number of benzene rings is 1. The van der Waals surface area contributed by atoms with E-state index in [1.54, 1.807) is 6.26 Å². The molecule has 1 aromatic heterocycles. The molecule has 0 radical (unpaired) electrons. The smallest absolute Gasteiger partial charge is 0.140 e. The standard InChI is InChI=1S/C14H14BrNO2.ClH/c1-16-8-13-12(5-6-17-13)14(9-16)18-11-4-2-3-10(15)7-11;/h2-7,14H,8-9H2,1H3;1H. The van der Waals surface area contributed by atoms with E-state index in [1.165, 1.54) is 0 Å². The van der Waals surface area contributed by atoms with Crippen LogP contribution in [-0.2, 0) is 6.54 Å². The molecule has 0 bridgehead atoms. The van der Waals surface area contributed by atoms with E-state index in [1.807, 2.05) is 30.3 Å². The lowest BCUT2D eigenvalue weighted by molar-refractivity contribution is 0.120. The molecule has 2 heterocycles. The highest BCUT2D eigenvalue weighted by Crippen LogP contribution is 2.31. The number of halogens is 2. The lowest BCUT2D eigenvalue weighted by Crippen LogP contribution is -2.32. The molecule has 1 aliphatic heterocycles. The number of furan rings is 1. The normalized spacial score (nSPS) is 18.5. The molecule has 0 aliphatic carbocycles. The number of likely N-dealkylation sites (N-methyl/N-ethyl adjacent to an activating group) is 1. The van der Waals surface area contributed by atoms with Gasteiger partial charge in [-0.3, -0.25) is 4.90 Å². The Morgan fingerprint density at radius 3 is 3.00 bits per heavy atom. The van der Waals surface area contributed by atoms with E-state index in [0.717, 1.165) is 34.6 Å². The molecule has 0 saturated heterocycles. The van der Waals surface area contributed by atoms with Gasteiger partial charge < -0.3 is 9.15 Å². The summed E-state index contributed by atoms with van der Waals surface area (Å²) in [4.78, 5) is 2.20. The van der Waals surface area contributed by atoms with E-state index >= 15 is 0 Å². The number of nitrogens with zero attached hydrogens (tertiary/aromatic N) is 1. The second-order valence-electron chi connectivity index (χ2n) is 4.56. The number of fused-ring (bicyclic) bond motifs is 1. The van der Waals surface area contributed by atoms with Crippen LogP contribution in [0.2, 0.25) is 0 Å². The minimum Gasteiger partial charge on any atom is -0.484 e. The number of rotatable bonds is 2. The summed E-state index contributed by atoms with van der Waals surface area (Å²) < 4.78 is 12.6. The fourth-order valence-electron chi connectivity index (χ4n) is 2.26. The van der Waals surface area contributed by atoms with Gasteiger partial charge in [-0.2, -0.15) is 0 Å². The van der Waals surface area contributed by atoms with E-state index in [9.17, 15) is 0 Å². The molecule has 19 heavy (non-hydrogen) atoms. The average Bonchev–Trinajstić information content (AvgIpc) is 2.77. The highest BCUT2D eigenvalue weighted by atomic mass is 79.9. The Morgan fingerprint density at radius 1 is 1.37 bits per heavy atom. The van der Waals surface area contributed by atoms with Crippen LogP contribution in [0, 0.1) is 0 Å². The summed E-state index contributed by atoms with van der Waals surface area (Å²) in [5.74, 6) is 1.88. The van der Waals surface area contributed by atoms with Crippen molar-refractivity contribution in [3.63, 3.8) is 0 Å². The third-order valence-electron chi connectivity index (χ3n) is 3.09. The maximum atomic E-state index is 6.06. The molecular weight excluding hydrogens is 330 g/mol. The van der Waals surface area contributed by atoms with Crippen LogP contribution in [0.3, 0.4) is 0 Å². The summed E-state index contributed by atoms with van der Waals surface area (Å²) in [7, 11) is 2.07. The minimum atomic E-state index is 0. The van der Waals surface area contributed by atoms with Crippen LogP contribution in [0.25, 0.3) is 0 Å². The van der Waals surface area contributed by atoms with Crippen molar-refractivity contribution in [1.29, 1.82) is 0 Å². The van der Waals surface area contributed by atoms with Gasteiger partial charge in [-0.1, -0.05) is 22.0 Å². The molecule has 1 atom stereocenters. The summed E-state index contributed by atoms with van der Waals surface area (Å²) in [6.45, 7) is 1.72. The first kappa shape index (κ1) is 14.4. The Labute approximate surface area is 127 Å². The van der Waals surface area contributed by atoms with Crippen molar-refractivity contribution in [3.8, 4) is 5.75 Å². The van der Waals surface area contributed by atoms with Crippen molar-refractivity contribution in [2.24, 2.45) is 0 Å². The molecule has 1 unspecified atom stereocenters. The fraction of sp³-hybridized carbons (Fsp3) is 0.286. The third-order valence-corrected chi connectivity index (χ3v) is 3.59. The molecule has 0 N–H and O–H groups in total. The van der Waals surface area contributed by atoms with Gasteiger partial charge >= 0.3 is 0 Å². The first-order valence-electron chi connectivity index (χ1n) is 5.89. The van der Waals surface area contributed by atoms with Crippen molar-refractivity contribution >= 4 is 28.3 Å². The van der Waals surface area contributed by atoms with Gasteiger partial charge in [0, 0.05) is 16.6 Å². The van der Waals surface area contributed by atoms with Crippen molar-refractivity contribution in [2.45, 2.75) is 12.6 Å². The van der Waals surface area contributed by atoms with E-state index in [4.69, 9.17) is 9.15 Å². The van der Waals surface area contributed by atoms with Crippen LogP contribution >= 0.6 is 28.3 Å². The van der Waals surface area contributed by atoms with Crippen LogP contribution < -0.4 is 4.74 Å². The molecule has 2 aromatic rings. The van der Waals surface area contributed by atoms with Gasteiger partial charge in [0.25, 0.3) is 0 Å². The summed E-state index contributed by atoms with van der Waals surface area (Å²) >= 11 is 3.45. The lowest BCUT2D eigenvalue weighted by Gasteiger charge is -2.29. The second-order valence-corrected chi connectivity index (χ2v) is 5.48. The molecule has 1 aliphatic rings. The monoisotopic (exact) mass is 343 g/mol. The first-order chi connectivity index (χ1) is 8.72. The van der Waals surface area contributed by atoms with E-state index < -0.39 is 0 Å². The van der Waals surface area contributed by atoms with Crippen molar-refractivity contribution in [3.05, 3.63) is 52.4 Å². The Balaban J connectivity index is 0.00000133. The van der Waals surface area contributed by atoms with Crippen LogP contribution in [-0.4, -0.2) is 18.5 Å². The molecule has 0 spiro atoms. The largest absolute Gasteiger partial charge is 0.484 e. The second kappa shape index (κ2) is 5.99. The molecule has 3 nitrogen and oxygen atoms in total. The molecule has 0 fully saturated rings. The predicted molar refractivity (Wildman–Crippen MR) is 79.8 cm³/mol. The van der Waals surface area contributed by atoms with Crippen molar-refractivity contribution in [1.82, 2.24) is 4.90 Å². The first-order valence-corrected chi connectivity index (χ1v) is 6.69. The summed E-state index contributed by atoms with van der Waals surface area (Å²) in [5.41, 5.74) is 1.16. The zero-order valence-corrected chi connectivity index (χ0v) is 12.9. The number of hydrogen-bond donors (Lipinski definition) is 0. The van der Waals surface area contributed by atoms with Crippen LogP contribution in [0.15, 0.2) is 45.5 Å². The summed E-state index contributed by atoms with van der Waals surface area (Å²) in [6, 6.07) is 9.92. The third kappa shape index (κ3) is 3.14. The molecule has 102 valence electrons. The minimum absolute atomic E-state index is 0. The molecule has 0 amide bonds. The van der Waals surface area contributed by atoms with Gasteiger partial charge in [0.05, 0.1) is 12.8 Å². The molecule has 5 heteroatoms. The predicted octanol–water partition coefficient (Wildman–Crippen LogP) is 4.03. The average molecular weight is 345 g/mol. The Bertz CT molecular complexity index is 558. The van der Waals surface area contributed by atoms with Gasteiger partial charge in [-0.05, 0) is 31.3 Å². The molecule has 1 aromatic carbocycles. The van der Waals surface area contributed by atoms with Gasteiger partial charge in [0.15, 0.2) is 0 Å². The van der Waals surface area contributed by atoms with Gasteiger partial charge in [0.1, 0.15) is 17.6 Å². The Morgan fingerprint density at radius 2 is 2.21 bits per heavy atom. The highest BCUT2D eigenvalue weighted by molar-refractivity contribution is 9.10. The Kier molecular flexibility index (Phi) is 4.55. The maximum Gasteiger partial charge on any atom is 0.140 e. The van der Waals surface area contributed by atoms with Gasteiger partial charge in [0.2, 0.25) is 0 Å². The maximum absolute atomic E-state index is 6.06. The van der Waals surface area contributed by atoms with E-state index in [-0.39, 0.29) is 18.5 Å². The Hall–Kier alpha value is -0.970. The molecular formula is C14H15BrClNO2. The van der Waals surface area contributed by atoms with Crippen molar-refractivity contribution in [2.75, 3.05) is 13.6 Å².